The van der Waals surface area contributed by atoms with Gasteiger partial charge in [-0.2, -0.15) is 0 Å². The van der Waals surface area contributed by atoms with Gasteiger partial charge in [-0.3, -0.25) is 4.79 Å². The van der Waals surface area contributed by atoms with E-state index in [1.165, 1.54) is 12.1 Å². The highest BCUT2D eigenvalue weighted by Crippen LogP contribution is 2.32. The lowest BCUT2D eigenvalue weighted by Gasteiger charge is -2.30. The molecule has 1 aliphatic rings. The predicted molar refractivity (Wildman–Crippen MR) is 144 cm³/mol. The molecule has 1 amide bonds. The summed E-state index contributed by atoms with van der Waals surface area (Å²) in [6.45, 7) is 9.94. The van der Waals surface area contributed by atoms with E-state index in [9.17, 15) is 4.79 Å². The van der Waals surface area contributed by atoms with Crippen LogP contribution in [0.5, 0.6) is 0 Å². The molecular formula is C29H31FN4O2. The van der Waals surface area contributed by atoms with Crippen molar-refractivity contribution in [1.29, 1.82) is 0 Å². The van der Waals surface area contributed by atoms with Gasteiger partial charge >= 0.3 is 0 Å². The number of amides is 1. The van der Waals surface area contributed by atoms with E-state index in [0.717, 1.165) is 16.5 Å². The van der Waals surface area contributed by atoms with Crippen molar-refractivity contribution < 1.29 is 13.9 Å². The molecule has 1 aliphatic heterocycles. The third-order valence-electron chi connectivity index (χ3n) is 6.14. The molecular weight excluding hydrogens is 455 g/mol. The van der Waals surface area contributed by atoms with Crippen LogP contribution in [-0.4, -0.2) is 49.1 Å². The van der Waals surface area contributed by atoms with Gasteiger partial charge in [-0.05, 0) is 37.4 Å². The number of hydrogen-bond donors (Lipinski definition) is 1. The van der Waals surface area contributed by atoms with Crippen LogP contribution >= 0.6 is 0 Å². The Morgan fingerprint density at radius 2 is 1.75 bits per heavy atom. The molecule has 0 saturated carbocycles. The molecule has 0 atom stereocenters. The minimum Gasteiger partial charge on any atom is -0.378 e. The smallest absolute Gasteiger partial charge is 0.260 e. The first kappa shape index (κ1) is 25.1. The van der Waals surface area contributed by atoms with Gasteiger partial charge in [-0.25, -0.2) is 9.38 Å². The summed E-state index contributed by atoms with van der Waals surface area (Å²) in [5.41, 5.74) is 7.60. The van der Waals surface area contributed by atoms with Crippen molar-refractivity contribution >= 4 is 34.0 Å². The number of rotatable bonds is 6. The van der Waals surface area contributed by atoms with Crippen molar-refractivity contribution in [3.8, 4) is 0 Å². The summed E-state index contributed by atoms with van der Waals surface area (Å²) in [6, 6.07) is 19.8. The van der Waals surface area contributed by atoms with Gasteiger partial charge in [0.2, 0.25) is 0 Å². The fourth-order valence-corrected chi connectivity index (χ4v) is 4.35. The monoisotopic (exact) mass is 486 g/mol. The van der Waals surface area contributed by atoms with Gasteiger partial charge in [0, 0.05) is 30.1 Å². The van der Waals surface area contributed by atoms with Crippen molar-refractivity contribution in [3.63, 3.8) is 0 Å². The molecule has 0 unspecified atom stereocenters. The number of carbonyl (C=O) groups excluding carboxylic acids is 1. The van der Waals surface area contributed by atoms with E-state index in [-0.39, 0.29) is 34.7 Å². The molecule has 2 N–H and O–H groups in total. The molecule has 0 radical (unpaired) electrons. The second-order valence-electron chi connectivity index (χ2n) is 8.78. The minimum atomic E-state index is -0.501. The first-order valence-corrected chi connectivity index (χ1v) is 12.0. The number of nitrogens with zero attached hydrogens (tertiary/aromatic N) is 3. The molecule has 1 fully saturated rings. The number of nitrogens with two attached hydrogens (primary N) is 1. The molecule has 4 rings (SSSR count). The summed E-state index contributed by atoms with van der Waals surface area (Å²) < 4.78 is 20.5. The minimum absolute atomic E-state index is 0.142. The van der Waals surface area contributed by atoms with E-state index >= 15 is 4.39 Å². The number of benzene rings is 3. The molecule has 3 aromatic carbocycles. The van der Waals surface area contributed by atoms with Gasteiger partial charge in [-0.15, -0.1) is 0 Å². The zero-order valence-electron chi connectivity index (χ0n) is 20.7. The van der Waals surface area contributed by atoms with Crippen molar-refractivity contribution in [2.75, 3.05) is 31.2 Å². The van der Waals surface area contributed by atoms with E-state index in [4.69, 9.17) is 10.5 Å². The Hall–Kier alpha value is -3.97. The Bertz CT molecular complexity index is 1320. The highest BCUT2D eigenvalue weighted by molar-refractivity contribution is 6.16. The van der Waals surface area contributed by atoms with E-state index in [0.29, 0.717) is 26.3 Å². The molecule has 186 valence electrons. The fraction of sp³-hybridized carbons (Fsp3) is 0.241. The van der Waals surface area contributed by atoms with Crippen LogP contribution in [0.25, 0.3) is 16.5 Å². The SMILES string of the molecule is C=C/C(C(=O)N(c1cccc2ccccc12)C(C)C)=C(\N=C(N)N1CCOCC1)c1ccccc1F. The lowest BCUT2D eigenvalue weighted by molar-refractivity contribution is -0.115. The highest BCUT2D eigenvalue weighted by Gasteiger charge is 2.27. The summed E-state index contributed by atoms with van der Waals surface area (Å²) in [7, 11) is 0. The third-order valence-corrected chi connectivity index (χ3v) is 6.14. The number of fused-ring (bicyclic) bond motifs is 1. The molecule has 0 aromatic heterocycles. The van der Waals surface area contributed by atoms with Crippen LogP contribution in [0.3, 0.4) is 0 Å². The number of guanidine groups is 1. The summed E-state index contributed by atoms with van der Waals surface area (Å²) >= 11 is 0. The lowest BCUT2D eigenvalue weighted by Crippen LogP contribution is -2.44. The first-order chi connectivity index (χ1) is 17.4. The van der Waals surface area contributed by atoms with Gasteiger partial charge in [0.1, 0.15) is 5.82 Å². The molecule has 1 saturated heterocycles. The van der Waals surface area contributed by atoms with Crippen LogP contribution in [0.4, 0.5) is 10.1 Å². The topological polar surface area (TPSA) is 71.2 Å². The molecule has 0 aliphatic carbocycles. The van der Waals surface area contributed by atoms with Crippen molar-refractivity contribution in [2.45, 2.75) is 19.9 Å². The maximum Gasteiger partial charge on any atom is 0.260 e. The van der Waals surface area contributed by atoms with Gasteiger partial charge in [0.05, 0.1) is 30.2 Å². The number of aliphatic imine (C=N–C) groups is 1. The van der Waals surface area contributed by atoms with Crippen molar-refractivity contribution in [1.82, 2.24) is 4.90 Å². The second kappa shape index (κ2) is 11.2. The van der Waals surface area contributed by atoms with Crippen LogP contribution in [0.2, 0.25) is 0 Å². The second-order valence-corrected chi connectivity index (χ2v) is 8.78. The predicted octanol–water partition coefficient (Wildman–Crippen LogP) is 4.96. The summed E-state index contributed by atoms with van der Waals surface area (Å²) in [5, 5.41) is 1.95. The summed E-state index contributed by atoms with van der Waals surface area (Å²) in [6.07, 6.45) is 1.43. The van der Waals surface area contributed by atoms with E-state index in [1.54, 1.807) is 23.1 Å². The quantitative estimate of drug-likeness (QED) is 0.231. The number of hydrogen-bond acceptors (Lipinski definition) is 3. The molecule has 36 heavy (non-hydrogen) atoms. The standard InChI is InChI=1S/C29H31FN4O2/c1-4-22(28(35)34(20(2)3)26-15-9-11-21-10-5-6-12-23(21)26)27(24-13-7-8-14-25(24)30)32-29(31)33-16-18-36-19-17-33/h4-15,20H,1,16-19H2,2-3H3,(H2,31,32)/b27-22+. The number of morpholine rings is 1. The molecule has 6 nitrogen and oxygen atoms in total. The fourth-order valence-electron chi connectivity index (χ4n) is 4.35. The van der Waals surface area contributed by atoms with Crippen molar-refractivity contribution in [3.05, 3.63) is 96.3 Å². The van der Waals surface area contributed by atoms with Gasteiger partial charge in [0.15, 0.2) is 5.96 Å². The third kappa shape index (κ3) is 5.16. The summed E-state index contributed by atoms with van der Waals surface area (Å²) in [4.78, 5) is 22.3. The van der Waals surface area contributed by atoms with Gasteiger partial charge < -0.3 is 20.3 Å². The highest BCUT2D eigenvalue weighted by atomic mass is 19.1. The van der Waals surface area contributed by atoms with E-state index in [1.807, 2.05) is 61.2 Å². The normalized spacial score (nSPS) is 15.1. The number of carbonyl (C=O) groups is 1. The number of ether oxygens (including phenoxy) is 1. The van der Waals surface area contributed by atoms with Crippen LogP contribution in [-0.2, 0) is 9.53 Å². The van der Waals surface area contributed by atoms with Gasteiger partial charge in [-0.1, -0.05) is 61.2 Å². The number of anilines is 1. The zero-order valence-corrected chi connectivity index (χ0v) is 20.7. The zero-order chi connectivity index (χ0) is 25.7. The maximum atomic E-state index is 15.0. The Kier molecular flexibility index (Phi) is 7.80. The van der Waals surface area contributed by atoms with Crippen LogP contribution in [0.1, 0.15) is 19.4 Å². The average Bonchev–Trinajstić information content (AvgIpc) is 2.89. The molecule has 0 bridgehead atoms. The largest absolute Gasteiger partial charge is 0.378 e. The Morgan fingerprint density at radius 1 is 1.08 bits per heavy atom. The molecule has 1 heterocycles. The molecule has 7 heteroatoms. The van der Waals surface area contributed by atoms with Crippen LogP contribution in [0.15, 0.2) is 90.0 Å². The molecule has 3 aromatic rings. The van der Waals surface area contributed by atoms with Crippen LogP contribution < -0.4 is 10.6 Å². The first-order valence-electron chi connectivity index (χ1n) is 12.0. The van der Waals surface area contributed by atoms with Gasteiger partial charge in [0.25, 0.3) is 5.91 Å². The molecule has 0 spiro atoms. The van der Waals surface area contributed by atoms with Crippen LogP contribution in [0, 0.1) is 5.82 Å². The Labute approximate surface area is 211 Å². The number of halogens is 1. The average molecular weight is 487 g/mol. The maximum absolute atomic E-state index is 15.0. The van der Waals surface area contributed by atoms with E-state index < -0.39 is 5.82 Å². The Balaban J connectivity index is 1.90. The lowest BCUT2D eigenvalue weighted by atomic mass is 10.0. The summed E-state index contributed by atoms with van der Waals surface area (Å²) in [5.74, 6) is -0.641. The van der Waals surface area contributed by atoms with Crippen molar-refractivity contribution in [2.24, 2.45) is 10.7 Å². The Morgan fingerprint density at radius 3 is 2.44 bits per heavy atom. The van der Waals surface area contributed by atoms with E-state index in [2.05, 4.69) is 11.6 Å².